The molecule has 2 aromatic carbocycles. The second-order valence-corrected chi connectivity index (χ2v) is 10.8. The van der Waals surface area contributed by atoms with Crippen LogP contribution in [0.3, 0.4) is 0 Å². The van der Waals surface area contributed by atoms with Crippen LogP contribution in [0.4, 0.5) is 0 Å². The zero-order valence-corrected chi connectivity index (χ0v) is 21.5. The standard InChI is InChI=1S/C25H24BN2O9S/c1-9-17(30)16-15(20-18(9)34-8-35-20)12-7-25(16)21(23(32)36-25)28(12)22(31)11-6-24(2,27-11)10-4-13(29)19(33-3)14(5-10)37-38-26/h4-5,11-12,21,26-27,29-30H,6-8H2,1-3H3/t11-,12+,21+,24?,25-/m0/s1/i26T. The average Bonchev–Trinajstić information content (AvgIpc) is 3.57. The zero-order chi connectivity index (χ0) is 27.4. The molecule has 2 aromatic rings. The van der Waals surface area contributed by atoms with Gasteiger partial charge < -0.3 is 38.2 Å². The van der Waals surface area contributed by atoms with Crippen LogP contribution >= 0.6 is 11.9 Å². The second kappa shape index (κ2) is 7.57. The summed E-state index contributed by atoms with van der Waals surface area (Å²) in [6.45, 7) is 3.62. The van der Waals surface area contributed by atoms with Crippen LogP contribution in [-0.4, -0.2) is 61.4 Å². The third kappa shape index (κ3) is 2.70. The van der Waals surface area contributed by atoms with Gasteiger partial charge in [0.05, 0.1) is 19.2 Å². The van der Waals surface area contributed by atoms with E-state index in [0.717, 1.165) is 19.0 Å². The molecule has 1 amide bonds. The third-order valence-corrected chi connectivity index (χ3v) is 8.82. The van der Waals surface area contributed by atoms with Crippen molar-refractivity contribution in [2.45, 2.75) is 56.0 Å². The molecule has 0 saturated carbocycles. The van der Waals surface area contributed by atoms with E-state index in [9.17, 15) is 19.8 Å². The number of phenols is 2. The van der Waals surface area contributed by atoms with E-state index in [4.69, 9.17) is 24.5 Å². The molecule has 0 aromatic heterocycles. The molecule has 11 nitrogen and oxygen atoms in total. The molecular formula is C25H24BN2O9S. The minimum absolute atomic E-state index is 0.00419. The normalized spacial score (nSPS) is 31.4. The van der Waals surface area contributed by atoms with E-state index in [1.807, 2.05) is 6.92 Å². The van der Waals surface area contributed by atoms with Crippen LogP contribution in [0.1, 0.15) is 48.1 Å². The monoisotopic (exact) mass is 541 g/mol. The number of nitrogens with one attached hydrogen (secondary N) is 1. The molecule has 5 aliphatic rings. The number of hydrogen-bond donors (Lipinski definition) is 3. The van der Waals surface area contributed by atoms with Gasteiger partial charge in [0.15, 0.2) is 34.6 Å². The topological polar surface area (TPSA) is 136 Å². The molecule has 38 heavy (non-hydrogen) atoms. The summed E-state index contributed by atoms with van der Waals surface area (Å²) in [5.41, 5.74) is 0.551. The van der Waals surface area contributed by atoms with Crippen LogP contribution in [-0.2, 0) is 25.5 Å². The number of nitrogens with zero attached hydrogens (tertiary/aromatic N) is 1. The number of ether oxygens (including phenoxy) is 4. The molecule has 3 saturated heterocycles. The molecule has 2 bridgehead atoms. The Morgan fingerprint density at radius 3 is 2.79 bits per heavy atom. The first-order chi connectivity index (χ1) is 18.6. The Labute approximate surface area is 224 Å². The summed E-state index contributed by atoms with van der Waals surface area (Å²) in [5.74, 6) is 0.432. The van der Waals surface area contributed by atoms with Crippen molar-refractivity contribution >= 4 is 30.9 Å². The number of amides is 1. The van der Waals surface area contributed by atoms with Crippen LogP contribution in [0, 0.1) is 6.92 Å². The number of fused-ring (bicyclic) bond motifs is 5. The molecular weight excluding hydrogens is 515 g/mol. The van der Waals surface area contributed by atoms with Gasteiger partial charge in [-0.3, -0.25) is 10.1 Å². The fourth-order valence-corrected chi connectivity index (χ4v) is 7.09. The summed E-state index contributed by atoms with van der Waals surface area (Å²) in [5, 5.41) is 24.9. The van der Waals surface area contributed by atoms with Gasteiger partial charge in [-0.15, -0.1) is 0 Å². The number of carbonyl (C=O) groups is 2. The van der Waals surface area contributed by atoms with Gasteiger partial charge in [0.2, 0.25) is 25.5 Å². The van der Waals surface area contributed by atoms with Crippen molar-refractivity contribution in [1.82, 2.24) is 10.2 Å². The molecule has 3 N–H and O–H groups in total. The van der Waals surface area contributed by atoms with Gasteiger partial charge in [-0.2, -0.15) is 0 Å². The number of likely N-dealkylation sites (tertiary alicyclic amines) is 1. The van der Waals surface area contributed by atoms with E-state index < -0.39 is 35.2 Å². The lowest BCUT2D eigenvalue weighted by molar-refractivity contribution is -0.209. The number of aromatic hydroxyl groups is 2. The second-order valence-electron chi connectivity index (χ2n) is 10.4. The molecule has 1 radical (unpaired) electrons. The van der Waals surface area contributed by atoms with Crippen molar-refractivity contribution < 1.29 is 42.9 Å². The summed E-state index contributed by atoms with van der Waals surface area (Å²) in [6, 6.07) is 1.30. The van der Waals surface area contributed by atoms with E-state index >= 15 is 0 Å². The highest BCUT2D eigenvalue weighted by Gasteiger charge is 2.75. The van der Waals surface area contributed by atoms with Crippen LogP contribution in [0.25, 0.3) is 0 Å². The van der Waals surface area contributed by atoms with Gasteiger partial charge in [-0.05, 0) is 51.2 Å². The van der Waals surface area contributed by atoms with Crippen LogP contribution in [0.5, 0.6) is 34.5 Å². The van der Waals surface area contributed by atoms with Gasteiger partial charge in [0, 0.05) is 28.7 Å². The van der Waals surface area contributed by atoms with Crippen LogP contribution < -0.4 is 23.7 Å². The van der Waals surface area contributed by atoms with Crippen molar-refractivity contribution in [3.63, 3.8) is 0 Å². The molecule has 1 unspecified atom stereocenters. The van der Waals surface area contributed by atoms with Crippen molar-refractivity contribution in [1.29, 1.82) is 1.34 Å². The predicted molar refractivity (Wildman–Crippen MR) is 134 cm³/mol. The molecule has 1 spiro atoms. The fraction of sp³-hybridized carbons (Fsp3) is 0.440. The van der Waals surface area contributed by atoms with Crippen molar-refractivity contribution in [3.05, 3.63) is 34.4 Å². The summed E-state index contributed by atoms with van der Waals surface area (Å²) in [4.78, 5) is 28.2. The number of hydrogen-bond acceptors (Lipinski definition) is 11. The lowest BCUT2D eigenvalue weighted by Crippen LogP contribution is -2.70. The number of rotatable bonds is 6. The minimum atomic E-state index is -1.10. The lowest BCUT2D eigenvalue weighted by atomic mass is 9.76. The Hall–Kier alpha value is -3.45. The molecule has 13 heteroatoms. The van der Waals surface area contributed by atoms with Crippen LogP contribution in [0.2, 0.25) is 0 Å². The highest BCUT2D eigenvalue weighted by atomic mass is 32.2. The maximum atomic E-state index is 13.9. The molecule has 4 heterocycles. The first-order valence-corrected chi connectivity index (χ1v) is 12.9. The van der Waals surface area contributed by atoms with E-state index in [2.05, 4.69) is 5.32 Å². The Kier molecular flexibility index (Phi) is 4.49. The molecule has 4 aliphatic heterocycles. The molecule has 7 rings (SSSR count). The van der Waals surface area contributed by atoms with E-state index in [1.165, 1.54) is 7.11 Å². The minimum Gasteiger partial charge on any atom is -0.507 e. The summed E-state index contributed by atoms with van der Waals surface area (Å²) >= 11 is 0.773. The van der Waals surface area contributed by atoms with E-state index in [-0.39, 0.29) is 35.7 Å². The molecule has 1 aliphatic carbocycles. The van der Waals surface area contributed by atoms with Gasteiger partial charge in [-0.1, -0.05) is 0 Å². The van der Waals surface area contributed by atoms with Crippen molar-refractivity contribution in [3.8, 4) is 34.5 Å². The van der Waals surface area contributed by atoms with E-state index in [0.29, 0.717) is 46.6 Å². The summed E-state index contributed by atoms with van der Waals surface area (Å²) in [6.07, 6.45) is 0.732. The zero-order valence-electron chi connectivity index (χ0n) is 21.7. The highest BCUT2D eigenvalue weighted by molar-refractivity contribution is 8.16. The first kappa shape index (κ1) is 22.5. The Morgan fingerprint density at radius 1 is 1.32 bits per heavy atom. The Balaban J connectivity index is 1.18. The number of esters is 1. The van der Waals surface area contributed by atoms with Crippen molar-refractivity contribution in [2.75, 3.05) is 13.9 Å². The number of phenolic OH excluding ortho intramolecular Hbond substituents is 2. The van der Waals surface area contributed by atoms with Gasteiger partial charge in [0.1, 0.15) is 5.75 Å². The first-order valence-electron chi connectivity index (χ1n) is 12.7. The maximum absolute atomic E-state index is 13.9. The third-order valence-electron chi connectivity index (χ3n) is 8.55. The molecule has 3 fully saturated rings. The molecule has 197 valence electrons. The fourth-order valence-electron chi connectivity index (χ4n) is 6.86. The van der Waals surface area contributed by atoms with Crippen molar-refractivity contribution in [2.24, 2.45) is 0 Å². The maximum Gasteiger partial charge on any atom is 0.334 e. The van der Waals surface area contributed by atoms with Gasteiger partial charge in [-0.25, -0.2) is 4.79 Å². The predicted octanol–water partition coefficient (Wildman–Crippen LogP) is 1.67. The Bertz CT molecular complexity index is 1470. The largest absolute Gasteiger partial charge is 0.507 e. The number of methoxy groups -OCH3 is 1. The summed E-state index contributed by atoms with van der Waals surface area (Å²) in [7, 11) is 2.41. The smallest absolute Gasteiger partial charge is 0.334 e. The average molecular weight is 541 g/mol. The quantitative estimate of drug-likeness (QED) is 0.280. The van der Waals surface area contributed by atoms with Gasteiger partial charge in [0.25, 0.3) is 0 Å². The summed E-state index contributed by atoms with van der Waals surface area (Å²) < 4.78 is 35.0. The van der Waals surface area contributed by atoms with Crippen LogP contribution in [0.15, 0.2) is 12.1 Å². The molecule has 5 atom stereocenters. The van der Waals surface area contributed by atoms with E-state index in [1.54, 1.807) is 24.0 Å². The number of carbonyl (C=O) groups excluding carboxylic acids is 2. The lowest BCUT2D eigenvalue weighted by Gasteiger charge is -2.52. The SMILES string of the molecule is [3H][B]SOc1cc(C2(C)C[C@@H](C(=O)N3[C@@H]4C[C@]5(OC(=O)[C@@H]35)c3c(O)c(C)c5c(c34)OCO5)N2)cc(O)c1OC. The van der Waals surface area contributed by atoms with Gasteiger partial charge >= 0.3 is 5.97 Å². The number of benzene rings is 2. The highest BCUT2D eigenvalue weighted by Crippen LogP contribution is 2.69. The Morgan fingerprint density at radius 2 is 2.08 bits per heavy atom.